The highest BCUT2D eigenvalue weighted by Crippen LogP contribution is 2.21. The summed E-state index contributed by atoms with van der Waals surface area (Å²) >= 11 is 0. The molecule has 0 unspecified atom stereocenters. The number of sulfonamides is 1. The molecular formula is C17H20N2O4S. The summed E-state index contributed by atoms with van der Waals surface area (Å²) in [5.41, 5.74) is 1.45. The third-order valence-corrected chi connectivity index (χ3v) is 4.53. The highest BCUT2D eigenvalue weighted by atomic mass is 32.2. The van der Waals surface area contributed by atoms with Gasteiger partial charge in [0.2, 0.25) is 10.0 Å². The topological polar surface area (TPSA) is 84.5 Å². The predicted octanol–water partition coefficient (Wildman–Crippen LogP) is 3.10. The minimum Gasteiger partial charge on any atom is -0.493 e. The number of carbonyl (C=O) groups is 1. The van der Waals surface area contributed by atoms with Gasteiger partial charge in [-0.25, -0.2) is 8.42 Å². The summed E-state index contributed by atoms with van der Waals surface area (Å²) in [6.07, 6.45) is 0. The lowest BCUT2D eigenvalue weighted by Gasteiger charge is -2.11. The minimum atomic E-state index is -3.32. The summed E-state index contributed by atoms with van der Waals surface area (Å²) in [6.45, 7) is 3.88. The Bertz CT molecular complexity index is 802. The molecule has 2 rings (SSSR count). The summed E-state index contributed by atoms with van der Waals surface area (Å²) in [5.74, 6) is 0.227. The van der Waals surface area contributed by atoms with E-state index in [0.29, 0.717) is 29.3 Å². The van der Waals surface area contributed by atoms with Gasteiger partial charge in [-0.05, 0) is 50.2 Å². The van der Waals surface area contributed by atoms with Crippen LogP contribution in [0.1, 0.15) is 24.2 Å². The number of benzene rings is 2. The van der Waals surface area contributed by atoms with Gasteiger partial charge in [-0.15, -0.1) is 0 Å². The van der Waals surface area contributed by atoms with Crippen molar-refractivity contribution in [2.75, 3.05) is 22.4 Å². The van der Waals surface area contributed by atoms with Gasteiger partial charge in [0.1, 0.15) is 5.75 Å². The molecule has 24 heavy (non-hydrogen) atoms. The van der Waals surface area contributed by atoms with E-state index in [1.807, 2.05) is 6.92 Å². The van der Waals surface area contributed by atoms with E-state index in [0.717, 1.165) is 0 Å². The summed E-state index contributed by atoms with van der Waals surface area (Å²) in [7, 11) is -3.32. The average Bonchev–Trinajstić information content (AvgIpc) is 2.57. The number of carbonyl (C=O) groups excluding carboxylic acids is 1. The van der Waals surface area contributed by atoms with Gasteiger partial charge in [-0.2, -0.15) is 0 Å². The Morgan fingerprint density at radius 1 is 1.00 bits per heavy atom. The van der Waals surface area contributed by atoms with E-state index in [-0.39, 0.29) is 11.7 Å². The van der Waals surface area contributed by atoms with Crippen molar-refractivity contribution in [3.05, 3.63) is 54.1 Å². The van der Waals surface area contributed by atoms with Gasteiger partial charge in [0.25, 0.3) is 5.91 Å². The van der Waals surface area contributed by atoms with E-state index in [4.69, 9.17) is 4.74 Å². The quantitative estimate of drug-likeness (QED) is 0.805. The largest absolute Gasteiger partial charge is 0.493 e. The second-order valence-electron chi connectivity index (χ2n) is 4.97. The Balaban J connectivity index is 2.10. The first-order valence-corrected chi connectivity index (χ1v) is 9.24. The molecule has 0 aromatic heterocycles. The number of ether oxygens (including phenoxy) is 1. The molecule has 128 valence electrons. The maximum absolute atomic E-state index is 12.4. The van der Waals surface area contributed by atoms with Crippen LogP contribution in [0.25, 0.3) is 0 Å². The Labute approximate surface area is 141 Å². The molecule has 2 aromatic rings. The van der Waals surface area contributed by atoms with E-state index < -0.39 is 10.0 Å². The zero-order chi connectivity index (χ0) is 17.6. The zero-order valence-electron chi connectivity index (χ0n) is 13.6. The van der Waals surface area contributed by atoms with E-state index >= 15 is 0 Å². The minimum absolute atomic E-state index is 0.000298. The monoisotopic (exact) mass is 348 g/mol. The summed E-state index contributed by atoms with van der Waals surface area (Å²) in [4.78, 5) is 12.4. The third kappa shape index (κ3) is 4.73. The van der Waals surface area contributed by atoms with Crippen LogP contribution < -0.4 is 14.8 Å². The molecule has 7 heteroatoms. The SMILES string of the molecule is CCOc1ccccc1C(=O)Nc1ccc(NS(=O)(=O)CC)cc1. The van der Waals surface area contributed by atoms with Gasteiger partial charge in [-0.3, -0.25) is 9.52 Å². The van der Waals surface area contributed by atoms with Crippen molar-refractivity contribution in [2.24, 2.45) is 0 Å². The van der Waals surface area contributed by atoms with E-state index in [2.05, 4.69) is 10.0 Å². The standard InChI is InChI=1S/C17H20N2O4S/c1-3-23-16-8-6-5-7-15(16)17(20)18-13-9-11-14(12-10-13)19-24(21,22)4-2/h5-12,19H,3-4H2,1-2H3,(H,18,20). The van der Waals surface area contributed by atoms with Crippen molar-refractivity contribution in [1.29, 1.82) is 0 Å². The number of amides is 1. The molecule has 2 N–H and O–H groups in total. The maximum Gasteiger partial charge on any atom is 0.259 e. The highest BCUT2D eigenvalue weighted by Gasteiger charge is 2.12. The van der Waals surface area contributed by atoms with Gasteiger partial charge in [-0.1, -0.05) is 12.1 Å². The summed E-state index contributed by atoms with van der Waals surface area (Å²) < 4.78 is 30.9. The molecule has 0 fully saturated rings. The van der Waals surface area contributed by atoms with Gasteiger partial charge >= 0.3 is 0 Å². The number of para-hydroxylation sites is 1. The van der Waals surface area contributed by atoms with E-state index in [9.17, 15) is 13.2 Å². The lowest BCUT2D eigenvalue weighted by atomic mass is 10.2. The van der Waals surface area contributed by atoms with Crippen LogP contribution in [-0.2, 0) is 10.0 Å². The van der Waals surface area contributed by atoms with Crippen molar-refractivity contribution in [3.8, 4) is 5.75 Å². The molecule has 0 bridgehead atoms. The lowest BCUT2D eigenvalue weighted by molar-refractivity contribution is 0.102. The first kappa shape index (κ1) is 17.8. The molecule has 0 radical (unpaired) electrons. The molecule has 6 nitrogen and oxygen atoms in total. The van der Waals surface area contributed by atoms with Crippen molar-refractivity contribution < 1.29 is 17.9 Å². The molecule has 0 spiro atoms. The maximum atomic E-state index is 12.4. The molecule has 0 atom stereocenters. The number of hydrogen-bond acceptors (Lipinski definition) is 4. The second-order valence-corrected chi connectivity index (χ2v) is 6.98. The predicted molar refractivity (Wildman–Crippen MR) is 95.1 cm³/mol. The average molecular weight is 348 g/mol. The fraction of sp³-hybridized carbons (Fsp3) is 0.235. The molecule has 0 heterocycles. The number of hydrogen-bond donors (Lipinski definition) is 2. The highest BCUT2D eigenvalue weighted by molar-refractivity contribution is 7.92. The van der Waals surface area contributed by atoms with Crippen LogP contribution in [0, 0.1) is 0 Å². The molecule has 0 saturated carbocycles. The number of anilines is 2. The van der Waals surface area contributed by atoms with E-state index in [1.54, 1.807) is 55.5 Å². The Hall–Kier alpha value is -2.54. The van der Waals surface area contributed by atoms with Crippen molar-refractivity contribution in [3.63, 3.8) is 0 Å². The number of rotatable bonds is 7. The second kappa shape index (κ2) is 7.83. The van der Waals surface area contributed by atoms with Crippen LogP contribution in [0.4, 0.5) is 11.4 Å². The Kier molecular flexibility index (Phi) is 5.81. The van der Waals surface area contributed by atoms with Gasteiger partial charge in [0.05, 0.1) is 17.9 Å². The summed E-state index contributed by atoms with van der Waals surface area (Å²) in [5, 5.41) is 2.76. The van der Waals surface area contributed by atoms with Crippen molar-refractivity contribution in [1.82, 2.24) is 0 Å². The fourth-order valence-corrected chi connectivity index (χ4v) is 2.65. The van der Waals surface area contributed by atoms with Crippen LogP contribution >= 0.6 is 0 Å². The first-order valence-electron chi connectivity index (χ1n) is 7.59. The smallest absolute Gasteiger partial charge is 0.259 e. The third-order valence-electron chi connectivity index (χ3n) is 3.23. The van der Waals surface area contributed by atoms with Crippen molar-refractivity contribution in [2.45, 2.75) is 13.8 Å². The molecule has 0 saturated heterocycles. The normalized spacial score (nSPS) is 10.9. The van der Waals surface area contributed by atoms with Crippen LogP contribution in [0.3, 0.4) is 0 Å². The van der Waals surface area contributed by atoms with Gasteiger partial charge in [0.15, 0.2) is 0 Å². The van der Waals surface area contributed by atoms with Crippen molar-refractivity contribution >= 4 is 27.3 Å². The molecule has 2 aromatic carbocycles. The van der Waals surface area contributed by atoms with E-state index in [1.165, 1.54) is 0 Å². The Morgan fingerprint density at radius 2 is 1.62 bits per heavy atom. The van der Waals surface area contributed by atoms with Gasteiger partial charge < -0.3 is 10.1 Å². The molecule has 0 aliphatic rings. The van der Waals surface area contributed by atoms with Crippen LogP contribution in [-0.4, -0.2) is 26.7 Å². The van der Waals surface area contributed by atoms with Crippen LogP contribution in [0.5, 0.6) is 5.75 Å². The fourth-order valence-electron chi connectivity index (χ4n) is 2.01. The molecule has 0 aliphatic heterocycles. The molecular weight excluding hydrogens is 328 g/mol. The Morgan fingerprint density at radius 3 is 2.25 bits per heavy atom. The zero-order valence-corrected chi connectivity index (χ0v) is 14.4. The molecule has 1 amide bonds. The lowest BCUT2D eigenvalue weighted by Crippen LogP contribution is -2.15. The summed E-state index contributed by atoms with van der Waals surface area (Å²) in [6, 6.07) is 13.4. The van der Waals surface area contributed by atoms with Crippen LogP contribution in [0.2, 0.25) is 0 Å². The van der Waals surface area contributed by atoms with Gasteiger partial charge in [0, 0.05) is 11.4 Å². The first-order chi connectivity index (χ1) is 11.4. The number of nitrogens with one attached hydrogen (secondary N) is 2. The molecule has 0 aliphatic carbocycles. The van der Waals surface area contributed by atoms with Crippen LogP contribution in [0.15, 0.2) is 48.5 Å².